The van der Waals surface area contributed by atoms with E-state index in [9.17, 15) is 0 Å². The van der Waals surface area contributed by atoms with Crippen LogP contribution in [-0.4, -0.2) is 5.48 Å². The van der Waals surface area contributed by atoms with Gasteiger partial charge in [-0.3, -0.25) is 0 Å². The topological polar surface area (TPSA) is 31.5 Å². The second-order valence-corrected chi connectivity index (χ2v) is 5.05. The average molecular weight is 323 g/mol. The van der Waals surface area contributed by atoms with Crippen LogP contribution in [0.4, 0.5) is 0 Å². The molecule has 0 heterocycles. The molecule has 0 atom stereocenters. The number of hydrogen-bond acceptors (Lipinski definition) is 0. The second kappa shape index (κ2) is 25.6. The van der Waals surface area contributed by atoms with Crippen molar-refractivity contribution in [3.63, 3.8) is 0 Å². The molecule has 0 aliphatic rings. The summed E-state index contributed by atoms with van der Waals surface area (Å²) in [6.45, 7) is 24.0. The maximum atomic E-state index is 3.69. The number of rotatable bonds is 3. The van der Waals surface area contributed by atoms with E-state index in [2.05, 4.69) is 62.3 Å². The Morgan fingerprint density at radius 3 is 0.647 bits per heavy atom. The molecule has 0 rings (SSSR count). The van der Waals surface area contributed by atoms with Crippen molar-refractivity contribution < 1.29 is 31.7 Å². The molecule has 1 radical (unpaired) electrons. The van der Waals surface area contributed by atoms with Crippen molar-refractivity contribution in [2.45, 2.75) is 60.8 Å². The van der Waals surface area contributed by atoms with Crippen LogP contribution in [0.1, 0.15) is 60.8 Å². The summed E-state index contributed by atoms with van der Waals surface area (Å²) in [5.74, 6) is 2.32. The molecule has 0 unspecified atom stereocenters. The molecule has 0 fully saturated rings. The van der Waals surface area contributed by atoms with E-state index in [1.165, 1.54) is 0 Å². The zero-order valence-corrected chi connectivity index (χ0v) is 15.4. The van der Waals surface area contributed by atoms with E-state index >= 15 is 0 Å². The maximum absolute atomic E-state index is 3.69. The zero-order chi connectivity index (χ0) is 12.9. The van der Waals surface area contributed by atoms with E-state index in [0.717, 1.165) is 37.0 Å². The summed E-state index contributed by atoms with van der Waals surface area (Å²) in [5.41, 5.74) is 0. The molecule has 17 heavy (non-hydrogen) atoms. The average Bonchev–Trinajstić information content (AvgIpc) is 2.19. The molecule has 0 aliphatic carbocycles. The van der Waals surface area contributed by atoms with E-state index in [-0.39, 0.29) is 31.7 Å². The summed E-state index contributed by atoms with van der Waals surface area (Å²) in [6, 6.07) is 0. The molecule has 1 nitrogen and oxygen atoms in total. The fourth-order valence-electron chi connectivity index (χ4n) is 0. The molecule has 0 aromatic heterocycles. The van der Waals surface area contributed by atoms with Crippen molar-refractivity contribution in [1.29, 1.82) is 0 Å². The van der Waals surface area contributed by atoms with Crippen LogP contribution >= 0.6 is 0 Å². The Morgan fingerprint density at radius 1 is 0.588 bits per heavy atom. The van der Waals surface area contributed by atoms with Gasteiger partial charge >= 0.3 is 26.2 Å². The third kappa shape index (κ3) is 79.2. The molecule has 0 saturated heterocycles. The Morgan fingerprint density at radius 2 is 0.647 bits per heavy atom. The van der Waals surface area contributed by atoms with Crippen molar-refractivity contribution in [1.82, 2.24) is 0 Å². The third-order valence-electron chi connectivity index (χ3n) is 1.73. The van der Waals surface area contributed by atoms with Crippen LogP contribution in [0.2, 0.25) is 0 Å². The van der Waals surface area contributed by atoms with Gasteiger partial charge in [-0.1, -0.05) is 59.3 Å². The first-order valence-electron chi connectivity index (χ1n) is 6.19. The summed E-state index contributed by atoms with van der Waals surface area (Å²) in [4.78, 5) is 0. The predicted octanol–water partition coefficient (Wildman–Crippen LogP) is 4.77. The van der Waals surface area contributed by atoms with Crippen LogP contribution in [0.3, 0.4) is 0 Å². The van der Waals surface area contributed by atoms with Crippen molar-refractivity contribution in [3.05, 3.63) is 20.8 Å². The maximum Gasteiger partial charge on any atom is 3.00 e. The van der Waals surface area contributed by atoms with E-state index in [1.807, 2.05) is 0 Å². The molecule has 0 aliphatic heterocycles. The van der Waals surface area contributed by atoms with Crippen molar-refractivity contribution >= 4 is 0 Å². The monoisotopic (exact) mass is 321 g/mol. The van der Waals surface area contributed by atoms with Crippen LogP contribution in [0.25, 0.3) is 0 Å². The Labute approximate surface area is 131 Å². The third-order valence-corrected chi connectivity index (χ3v) is 1.73. The standard InChI is InChI=1S/3C5H11.H2O.Zr/c3*1-4-5(2)3;;/h3*5H,1,4H2,2-3H3;1H2;/q3*-1;;+3. The van der Waals surface area contributed by atoms with Gasteiger partial charge in [-0.05, 0) is 0 Å². The van der Waals surface area contributed by atoms with E-state index in [1.54, 1.807) is 0 Å². The minimum atomic E-state index is 0. The van der Waals surface area contributed by atoms with Gasteiger partial charge < -0.3 is 26.2 Å². The fourth-order valence-corrected chi connectivity index (χ4v) is 0. The quantitative estimate of drug-likeness (QED) is 0.670. The molecular weight excluding hydrogens is 287 g/mol. The van der Waals surface area contributed by atoms with Gasteiger partial charge in [-0.2, -0.15) is 19.3 Å². The van der Waals surface area contributed by atoms with Crippen LogP contribution in [0.15, 0.2) is 0 Å². The van der Waals surface area contributed by atoms with E-state index in [4.69, 9.17) is 0 Å². The largest absolute Gasteiger partial charge is 3.00 e. The van der Waals surface area contributed by atoms with Gasteiger partial charge in [0.1, 0.15) is 0 Å². The molecule has 0 saturated carbocycles. The van der Waals surface area contributed by atoms with Gasteiger partial charge in [0.25, 0.3) is 0 Å². The first-order chi connectivity index (χ1) is 6.81. The molecule has 0 aromatic carbocycles. The Hall–Kier alpha value is 0.843. The van der Waals surface area contributed by atoms with Crippen LogP contribution < -0.4 is 0 Å². The Kier molecular flexibility index (Phi) is 46.3. The SMILES string of the molecule is O.[CH2-]CC(C)C.[CH2-]CC(C)C.[CH2-]CC(C)C.[Zr+3]. The summed E-state index contributed by atoms with van der Waals surface area (Å²) < 4.78 is 0. The Balaban J connectivity index is -0.0000000400. The molecule has 0 aromatic rings. The summed E-state index contributed by atoms with van der Waals surface area (Å²) >= 11 is 0. The molecule has 0 amide bonds. The van der Waals surface area contributed by atoms with Gasteiger partial charge in [-0.15, -0.1) is 0 Å². The molecule has 0 spiro atoms. The fraction of sp³-hybridized carbons (Fsp3) is 0.800. The van der Waals surface area contributed by atoms with Crippen LogP contribution in [0.5, 0.6) is 0 Å². The number of hydrogen-bond donors (Lipinski definition) is 0. The van der Waals surface area contributed by atoms with Crippen molar-refractivity contribution in [2.75, 3.05) is 0 Å². The van der Waals surface area contributed by atoms with Gasteiger partial charge in [0.2, 0.25) is 0 Å². The molecule has 0 bridgehead atoms. The smallest absolute Gasteiger partial charge is 0.412 e. The van der Waals surface area contributed by atoms with Gasteiger partial charge in [-0.25, -0.2) is 0 Å². The van der Waals surface area contributed by atoms with Crippen molar-refractivity contribution in [2.24, 2.45) is 17.8 Å². The Bertz CT molecular complexity index is 71.9. The summed E-state index contributed by atoms with van der Waals surface area (Å²) in [7, 11) is 0. The zero-order valence-electron chi connectivity index (χ0n) is 13.0. The summed E-state index contributed by atoms with van der Waals surface area (Å²) in [6.07, 6.45) is 3.17. The molecular formula is C15H35OZr. The second-order valence-electron chi connectivity index (χ2n) is 5.05. The van der Waals surface area contributed by atoms with Crippen molar-refractivity contribution in [3.8, 4) is 0 Å². The minimum Gasteiger partial charge on any atom is -0.412 e. The first kappa shape index (κ1) is 30.7. The van der Waals surface area contributed by atoms with E-state index in [0.29, 0.717) is 0 Å². The molecule has 105 valence electrons. The first-order valence-corrected chi connectivity index (χ1v) is 6.19. The normalized spacial score (nSPS) is 8.47. The van der Waals surface area contributed by atoms with Gasteiger partial charge in [0.05, 0.1) is 0 Å². The van der Waals surface area contributed by atoms with Gasteiger partial charge in [0, 0.05) is 0 Å². The van der Waals surface area contributed by atoms with E-state index < -0.39 is 0 Å². The summed E-state index contributed by atoms with van der Waals surface area (Å²) in [5, 5.41) is 0. The molecule has 2 N–H and O–H groups in total. The van der Waals surface area contributed by atoms with Crippen LogP contribution in [0, 0.1) is 38.5 Å². The predicted molar refractivity (Wildman–Crippen MR) is 78.0 cm³/mol. The van der Waals surface area contributed by atoms with Gasteiger partial charge in [0.15, 0.2) is 0 Å². The molecule has 2 heteroatoms. The van der Waals surface area contributed by atoms with Crippen LogP contribution in [-0.2, 0) is 26.2 Å². The minimum absolute atomic E-state index is 0.